The van der Waals surface area contributed by atoms with Crippen LogP contribution in [0.5, 0.6) is 5.75 Å². The molecule has 0 aromatic heterocycles. The maximum absolute atomic E-state index is 12.0. The second-order valence-electron chi connectivity index (χ2n) is 4.43. The molecule has 1 aromatic rings. The highest BCUT2D eigenvalue weighted by molar-refractivity contribution is 8.14. The lowest BCUT2D eigenvalue weighted by molar-refractivity contribution is -0.117. The van der Waals surface area contributed by atoms with Crippen LogP contribution in [0.4, 0.5) is 5.69 Å². The topological polar surface area (TPSA) is 46.6 Å². The van der Waals surface area contributed by atoms with Gasteiger partial charge in [-0.25, -0.2) is 0 Å². The number of thioether (sulfide) groups is 1. The van der Waals surface area contributed by atoms with E-state index in [-0.39, 0.29) is 22.9 Å². The van der Waals surface area contributed by atoms with Crippen molar-refractivity contribution in [2.75, 3.05) is 18.1 Å². The van der Waals surface area contributed by atoms with Gasteiger partial charge < -0.3 is 9.64 Å². The van der Waals surface area contributed by atoms with Crippen LogP contribution in [0.15, 0.2) is 24.3 Å². The Hall–Kier alpha value is -1.93. The van der Waals surface area contributed by atoms with E-state index < -0.39 is 0 Å². The van der Waals surface area contributed by atoms with Gasteiger partial charge in [0.15, 0.2) is 5.12 Å². The largest absolute Gasteiger partial charge is 0.481 e. The Labute approximate surface area is 122 Å². The lowest BCUT2D eigenvalue weighted by Gasteiger charge is -2.16. The van der Waals surface area contributed by atoms with E-state index in [1.165, 1.54) is 18.7 Å². The van der Waals surface area contributed by atoms with Crippen molar-refractivity contribution in [2.45, 2.75) is 18.6 Å². The van der Waals surface area contributed by atoms with Crippen LogP contribution >= 0.6 is 11.8 Å². The zero-order chi connectivity index (χ0) is 14.5. The molecule has 1 aliphatic rings. The van der Waals surface area contributed by atoms with Crippen molar-refractivity contribution in [3.63, 3.8) is 0 Å². The summed E-state index contributed by atoms with van der Waals surface area (Å²) in [5.41, 5.74) is 0.815. The molecule has 1 atom stereocenters. The van der Waals surface area contributed by atoms with Gasteiger partial charge in [0.2, 0.25) is 5.91 Å². The van der Waals surface area contributed by atoms with E-state index in [2.05, 4.69) is 5.92 Å². The predicted molar refractivity (Wildman–Crippen MR) is 79.8 cm³/mol. The number of ether oxygens (including phenoxy) is 1. The third-order valence-electron chi connectivity index (χ3n) is 2.89. The Bertz CT molecular complexity index is 547. The molecule has 1 aromatic carbocycles. The normalized spacial score (nSPS) is 17.9. The first-order chi connectivity index (χ1) is 9.60. The zero-order valence-electron chi connectivity index (χ0n) is 11.2. The number of nitrogens with zero attached hydrogens (tertiary/aromatic N) is 1. The maximum atomic E-state index is 12.0. The van der Waals surface area contributed by atoms with Crippen LogP contribution < -0.4 is 9.64 Å². The summed E-state index contributed by atoms with van der Waals surface area (Å²) in [5, 5.41) is 0.0834. The minimum Gasteiger partial charge on any atom is -0.481 e. The lowest BCUT2D eigenvalue weighted by atomic mass is 10.3. The highest BCUT2D eigenvalue weighted by atomic mass is 32.2. The van der Waals surface area contributed by atoms with Crippen LogP contribution in [-0.4, -0.2) is 29.4 Å². The number of amides is 1. The number of carbonyl (C=O) groups excluding carboxylic acids is 2. The molecule has 5 heteroatoms. The Morgan fingerprint density at radius 2 is 2.20 bits per heavy atom. The van der Waals surface area contributed by atoms with Crippen LogP contribution in [0.3, 0.4) is 0 Å². The lowest BCUT2D eigenvalue weighted by Crippen LogP contribution is -2.24. The van der Waals surface area contributed by atoms with Gasteiger partial charge in [0.1, 0.15) is 12.4 Å². The van der Waals surface area contributed by atoms with E-state index in [9.17, 15) is 9.59 Å². The van der Waals surface area contributed by atoms with Gasteiger partial charge in [-0.3, -0.25) is 9.59 Å². The van der Waals surface area contributed by atoms with Crippen molar-refractivity contribution in [1.82, 2.24) is 0 Å². The zero-order valence-corrected chi connectivity index (χ0v) is 12.0. The SMILES string of the molecule is C#CCOc1ccc(N2CC(SC(C)=O)CC2=O)cc1. The van der Waals surface area contributed by atoms with E-state index in [1.807, 2.05) is 12.1 Å². The Morgan fingerprint density at radius 1 is 1.50 bits per heavy atom. The van der Waals surface area contributed by atoms with Crippen molar-refractivity contribution in [3.05, 3.63) is 24.3 Å². The van der Waals surface area contributed by atoms with Gasteiger partial charge in [-0.05, 0) is 24.3 Å². The standard InChI is InChI=1S/C15H15NO3S/c1-3-8-19-13-6-4-12(5-7-13)16-10-14(9-15(16)18)20-11(2)17/h1,4-7,14H,8-10H2,2H3. The van der Waals surface area contributed by atoms with E-state index in [0.29, 0.717) is 18.7 Å². The fourth-order valence-electron chi connectivity index (χ4n) is 2.09. The molecule has 2 rings (SSSR count). The van der Waals surface area contributed by atoms with Gasteiger partial charge in [0, 0.05) is 30.8 Å². The number of anilines is 1. The summed E-state index contributed by atoms with van der Waals surface area (Å²) in [4.78, 5) is 24.8. The van der Waals surface area contributed by atoms with Crippen LogP contribution in [0.1, 0.15) is 13.3 Å². The molecule has 20 heavy (non-hydrogen) atoms. The number of rotatable bonds is 4. The molecular formula is C15H15NO3S. The molecule has 0 saturated carbocycles. The highest BCUT2D eigenvalue weighted by Crippen LogP contribution is 2.29. The molecule has 0 aliphatic carbocycles. The first-order valence-corrected chi connectivity index (χ1v) is 7.12. The third kappa shape index (κ3) is 3.55. The molecule has 104 valence electrons. The Balaban J connectivity index is 2.03. The maximum Gasteiger partial charge on any atom is 0.228 e. The highest BCUT2D eigenvalue weighted by Gasteiger charge is 2.31. The van der Waals surface area contributed by atoms with Crippen molar-refractivity contribution < 1.29 is 14.3 Å². The molecule has 1 aliphatic heterocycles. The van der Waals surface area contributed by atoms with Gasteiger partial charge in [-0.1, -0.05) is 17.7 Å². The van der Waals surface area contributed by atoms with Crippen molar-refractivity contribution in [2.24, 2.45) is 0 Å². The van der Waals surface area contributed by atoms with E-state index in [1.54, 1.807) is 17.0 Å². The molecule has 1 heterocycles. The van der Waals surface area contributed by atoms with Gasteiger partial charge in [0.25, 0.3) is 0 Å². The summed E-state index contributed by atoms with van der Waals surface area (Å²) >= 11 is 1.23. The Kier molecular flexibility index (Phi) is 4.70. The second-order valence-corrected chi connectivity index (χ2v) is 5.90. The molecule has 0 bridgehead atoms. The number of terminal acetylenes is 1. The van der Waals surface area contributed by atoms with Crippen LogP contribution in [0.2, 0.25) is 0 Å². The van der Waals surface area contributed by atoms with Crippen LogP contribution in [-0.2, 0) is 9.59 Å². The summed E-state index contributed by atoms with van der Waals surface area (Å²) in [7, 11) is 0. The number of carbonyl (C=O) groups is 2. The molecule has 1 amide bonds. The fourth-order valence-corrected chi connectivity index (χ4v) is 3.00. The minimum atomic E-state index is 0.0392. The molecule has 0 radical (unpaired) electrons. The first kappa shape index (κ1) is 14.5. The van der Waals surface area contributed by atoms with Gasteiger partial charge in [-0.2, -0.15) is 0 Å². The minimum absolute atomic E-state index is 0.0392. The van der Waals surface area contributed by atoms with Crippen molar-refractivity contribution in [1.29, 1.82) is 0 Å². The molecule has 1 unspecified atom stereocenters. The molecule has 4 nitrogen and oxygen atoms in total. The molecule has 0 spiro atoms. The van der Waals surface area contributed by atoms with E-state index in [4.69, 9.17) is 11.2 Å². The monoisotopic (exact) mass is 289 g/mol. The van der Waals surface area contributed by atoms with Crippen molar-refractivity contribution >= 4 is 28.5 Å². The predicted octanol–water partition coefficient (Wildman–Crippen LogP) is 2.08. The van der Waals surface area contributed by atoms with Gasteiger partial charge in [0.05, 0.1) is 0 Å². The quantitative estimate of drug-likeness (QED) is 0.796. The second kappa shape index (κ2) is 6.49. The van der Waals surface area contributed by atoms with Gasteiger partial charge in [-0.15, -0.1) is 6.42 Å². The van der Waals surface area contributed by atoms with E-state index in [0.717, 1.165) is 5.69 Å². The van der Waals surface area contributed by atoms with Crippen LogP contribution in [0.25, 0.3) is 0 Å². The molecule has 1 saturated heterocycles. The molecular weight excluding hydrogens is 274 g/mol. The molecule has 0 N–H and O–H groups in total. The van der Waals surface area contributed by atoms with E-state index >= 15 is 0 Å². The smallest absolute Gasteiger partial charge is 0.228 e. The summed E-state index contributed by atoms with van der Waals surface area (Å²) in [6.45, 7) is 2.31. The number of hydrogen-bond donors (Lipinski definition) is 0. The fraction of sp³-hybridized carbons (Fsp3) is 0.333. The Morgan fingerprint density at radius 3 is 2.80 bits per heavy atom. The third-order valence-corrected chi connectivity index (χ3v) is 3.87. The van der Waals surface area contributed by atoms with Crippen LogP contribution in [0, 0.1) is 12.3 Å². The van der Waals surface area contributed by atoms with Gasteiger partial charge >= 0.3 is 0 Å². The summed E-state index contributed by atoms with van der Waals surface area (Å²) in [6, 6.07) is 7.21. The average Bonchev–Trinajstić information content (AvgIpc) is 2.77. The number of benzene rings is 1. The molecule has 1 fully saturated rings. The average molecular weight is 289 g/mol. The number of hydrogen-bond acceptors (Lipinski definition) is 4. The summed E-state index contributed by atoms with van der Waals surface area (Å²) < 4.78 is 5.29. The summed E-state index contributed by atoms with van der Waals surface area (Å²) in [5.74, 6) is 3.11. The first-order valence-electron chi connectivity index (χ1n) is 6.24. The van der Waals surface area contributed by atoms with Crippen molar-refractivity contribution in [3.8, 4) is 18.1 Å². The summed E-state index contributed by atoms with van der Waals surface area (Å²) in [6.07, 6.45) is 5.52.